The number of rotatable bonds is 5. The summed E-state index contributed by atoms with van der Waals surface area (Å²) >= 11 is 0. The minimum Gasteiger partial charge on any atom is -0.441 e. The van der Waals surface area contributed by atoms with Crippen LogP contribution in [0.25, 0.3) is 11.5 Å². The molecule has 2 heterocycles. The Bertz CT molecular complexity index is 806. The molecule has 0 saturated carbocycles. The molecule has 23 heavy (non-hydrogen) atoms. The van der Waals surface area contributed by atoms with Gasteiger partial charge < -0.3 is 9.52 Å². The van der Waals surface area contributed by atoms with Gasteiger partial charge in [0.25, 0.3) is 0 Å². The van der Waals surface area contributed by atoms with Gasteiger partial charge >= 0.3 is 0 Å². The van der Waals surface area contributed by atoms with Crippen molar-refractivity contribution in [1.29, 1.82) is 0 Å². The van der Waals surface area contributed by atoms with Crippen LogP contribution in [0.4, 0.5) is 8.78 Å². The molecule has 0 spiro atoms. The molecule has 0 bridgehead atoms. The molecule has 0 unspecified atom stereocenters. The molecule has 0 saturated heterocycles. The van der Waals surface area contributed by atoms with E-state index in [2.05, 4.69) is 10.1 Å². The second kappa shape index (κ2) is 6.29. The summed E-state index contributed by atoms with van der Waals surface area (Å²) in [6, 6.07) is 3.14. The van der Waals surface area contributed by atoms with Gasteiger partial charge in [-0.1, -0.05) is 0 Å². The van der Waals surface area contributed by atoms with Crippen LogP contribution in [0.15, 0.2) is 35.0 Å². The fourth-order valence-corrected chi connectivity index (χ4v) is 2.28. The molecular formula is C16H15F2N3O2. The Kier molecular flexibility index (Phi) is 4.20. The van der Waals surface area contributed by atoms with Gasteiger partial charge in [0, 0.05) is 24.4 Å². The number of hydrogen-bond acceptors (Lipinski definition) is 4. The Labute approximate surface area is 131 Å². The summed E-state index contributed by atoms with van der Waals surface area (Å²) in [5, 5.41) is 13.1. The average Bonchev–Trinajstić information content (AvgIpc) is 3.06. The third-order valence-corrected chi connectivity index (χ3v) is 3.40. The van der Waals surface area contributed by atoms with Crippen molar-refractivity contribution >= 4 is 0 Å². The summed E-state index contributed by atoms with van der Waals surface area (Å²) in [6.45, 7) is 2.17. The lowest BCUT2D eigenvalue weighted by Gasteiger charge is -1.98. The van der Waals surface area contributed by atoms with E-state index >= 15 is 0 Å². The Hall–Kier alpha value is -2.54. The van der Waals surface area contributed by atoms with E-state index in [1.807, 2.05) is 6.20 Å². The van der Waals surface area contributed by atoms with E-state index < -0.39 is 11.6 Å². The van der Waals surface area contributed by atoms with Crippen molar-refractivity contribution in [2.75, 3.05) is 6.61 Å². The molecule has 1 N–H and O–H groups in total. The van der Waals surface area contributed by atoms with Gasteiger partial charge in [-0.25, -0.2) is 13.8 Å². The molecule has 3 rings (SSSR count). The van der Waals surface area contributed by atoms with Crippen LogP contribution in [-0.4, -0.2) is 26.5 Å². The van der Waals surface area contributed by atoms with Crippen LogP contribution in [0.3, 0.4) is 0 Å². The number of halogens is 2. The third kappa shape index (κ3) is 3.45. The lowest BCUT2D eigenvalue weighted by molar-refractivity contribution is 0.299. The Morgan fingerprint density at radius 1 is 1.22 bits per heavy atom. The van der Waals surface area contributed by atoms with E-state index in [-0.39, 0.29) is 18.1 Å². The molecular weight excluding hydrogens is 304 g/mol. The summed E-state index contributed by atoms with van der Waals surface area (Å²) in [5.74, 6) is -0.640. The molecule has 5 nitrogen and oxygen atoms in total. The van der Waals surface area contributed by atoms with Crippen molar-refractivity contribution in [3.63, 3.8) is 0 Å². The van der Waals surface area contributed by atoms with Crippen LogP contribution in [0, 0.1) is 18.6 Å². The topological polar surface area (TPSA) is 64.1 Å². The van der Waals surface area contributed by atoms with Crippen molar-refractivity contribution < 1.29 is 18.3 Å². The first-order valence-electron chi connectivity index (χ1n) is 7.10. The van der Waals surface area contributed by atoms with Crippen LogP contribution in [0.2, 0.25) is 0 Å². The van der Waals surface area contributed by atoms with Gasteiger partial charge in [0.2, 0.25) is 5.89 Å². The lowest BCUT2D eigenvalue weighted by atomic mass is 10.2. The fraction of sp³-hybridized carbons (Fsp3) is 0.250. The van der Waals surface area contributed by atoms with Crippen LogP contribution < -0.4 is 0 Å². The molecule has 3 aromatic rings. The van der Waals surface area contributed by atoms with Gasteiger partial charge in [0.1, 0.15) is 23.1 Å². The number of aromatic nitrogens is 3. The maximum absolute atomic E-state index is 13.3. The highest BCUT2D eigenvalue weighted by Gasteiger charge is 2.14. The van der Waals surface area contributed by atoms with Crippen LogP contribution in [0.5, 0.6) is 0 Å². The second-order valence-electron chi connectivity index (χ2n) is 5.20. The maximum Gasteiger partial charge on any atom is 0.226 e. The van der Waals surface area contributed by atoms with E-state index in [1.165, 1.54) is 12.1 Å². The van der Waals surface area contributed by atoms with Gasteiger partial charge in [0.15, 0.2) is 0 Å². The average molecular weight is 319 g/mol. The number of nitrogens with zero attached hydrogens (tertiary/aromatic N) is 3. The SMILES string of the molecule is Cc1oc(-c2cc(F)cc(F)c2)nc1Cn1cc(CCO)cn1. The number of aliphatic hydroxyl groups excluding tert-OH is 1. The number of aliphatic hydroxyl groups is 1. The first kappa shape index (κ1) is 15.4. The molecule has 0 atom stereocenters. The highest BCUT2D eigenvalue weighted by atomic mass is 19.1. The molecule has 0 aliphatic heterocycles. The molecule has 0 aliphatic rings. The summed E-state index contributed by atoms with van der Waals surface area (Å²) < 4.78 is 33.8. The minimum absolute atomic E-state index is 0.0595. The van der Waals surface area contributed by atoms with Crippen molar-refractivity contribution in [2.24, 2.45) is 0 Å². The summed E-state index contributed by atoms with van der Waals surface area (Å²) in [7, 11) is 0. The molecule has 0 aliphatic carbocycles. The number of oxazole rings is 1. The van der Waals surface area contributed by atoms with Gasteiger partial charge in [0.05, 0.1) is 12.7 Å². The lowest BCUT2D eigenvalue weighted by Crippen LogP contribution is -2.01. The number of hydrogen-bond donors (Lipinski definition) is 1. The largest absolute Gasteiger partial charge is 0.441 e. The summed E-state index contributed by atoms with van der Waals surface area (Å²) in [4.78, 5) is 4.30. The van der Waals surface area contributed by atoms with Crippen molar-refractivity contribution in [2.45, 2.75) is 19.9 Å². The molecule has 0 amide bonds. The smallest absolute Gasteiger partial charge is 0.226 e. The Morgan fingerprint density at radius 2 is 1.96 bits per heavy atom. The highest BCUT2D eigenvalue weighted by Crippen LogP contribution is 2.24. The zero-order valence-electron chi connectivity index (χ0n) is 12.5. The summed E-state index contributed by atoms with van der Waals surface area (Å²) in [5.41, 5.74) is 1.79. The van der Waals surface area contributed by atoms with E-state index in [4.69, 9.17) is 9.52 Å². The van der Waals surface area contributed by atoms with Crippen LogP contribution in [-0.2, 0) is 13.0 Å². The molecule has 0 radical (unpaired) electrons. The predicted molar refractivity (Wildman–Crippen MR) is 78.7 cm³/mol. The zero-order valence-corrected chi connectivity index (χ0v) is 12.5. The number of benzene rings is 1. The number of aryl methyl sites for hydroxylation is 1. The predicted octanol–water partition coefficient (Wildman–Crippen LogP) is 2.71. The van der Waals surface area contributed by atoms with E-state index in [0.29, 0.717) is 24.4 Å². The van der Waals surface area contributed by atoms with E-state index in [1.54, 1.807) is 17.8 Å². The van der Waals surface area contributed by atoms with Crippen molar-refractivity contribution in [3.05, 3.63) is 59.2 Å². The molecule has 2 aromatic heterocycles. The maximum atomic E-state index is 13.3. The molecule has 0 fully saturated rings. The van der Waals surface area contributed by atoms with Crippen LogP contribution >= 0.6 is 0 Å². The van der Waals surface area contributed by atoms with Crippen molar-refractivity contribution in [1.82, 2.24) is 14.8 Å². The minimum atomic E-state index is -0.682. The zero-order chi connectivity index (χ0) is 16.4. The molecule has 120 valence electrons. The van der Waals surface area contributed by atoms with Crippen LogP contribution in [0.1, 0.15) is 17.0 Å². The second-order valence-corrected chi connectivity index (χ2v) is 5.20. The monoisotopic (exact) mass is 319 g/mol. The third-order valence-electron chi connectivity index (χ3n) is 3.40. The normalized spacial score (nSPS) is 11.1. The highest BCUT2D eigenvalue weighted by molar-refractivity contribution is 5.53. The first-order chi connectivity index (χ1) is 11.0. The summed E-state index contributed by atoms with van der Waals surface area (Å²) in [6.07, 6.45) is 4.02. The molecule has 1 aromatic carbocycles. The fourth-order valence-electron chi connectivity index (χ4n) is 2.28. The molecule has 7 heteroatoms. The van der Waals surface area contributed by atoms with E-state index in [0.717, 1.165) is 11.6 Å². The van der Waals surface area contributed by atoms with Gasteiger partial charge in [-0.15, -0.1) is 0 Å². The van der Waals surface area contributed by atoms with Gasteiger partial charge in [-0.3, -0.25) is 4.68 Å². The Morgan fingerprint density at radius 3 is 2.65 bits per heavy atom. The van der Waals surface area contributed by atoms with Gasteiger partial charge in [-0.05, 0) is 31.0 Å². The van der Waals surface area contributed by atoms with Crippen molar-refractivity contribution in [3.8, 4) is 11.5 Å². The Balaban J connectivity index is 1.85. The van der Waals surface area contributed by atoms with Gasteiger partial charge in [-0.2, -0.15) is 5.10 Å². The standard InChI is InChI=1S/C16H15F2N3O2/c1-10-15(9-21-8-11(2-3-22)7-19-21)20-16(23-10)12-4-13(17)6-14(18)5-12/h4-8,22H,2-3,9H2,1H3. The first-order valence-corrected chi connectivity index (χ1v) is 7.10. The quantitative estimate of drug-likeness (QED) is 0.785. The van der Waals surface area contributed by atoms with E-state index in [9.17, 15) is 8.78 Å².